The van der Waals surface area contributed by atoms with Gasteiger partial charge in [0, 0.05) is 6.04 Å². The van der Waals surface area contributed by atoms with Crippen LogP contribution in [0.25, 0.3) is 0 Å². The number of para-hydroxylation sites is 1. The van der Waals surface area contributed by atoms with Gasteiger partial charge >= 0.3 is 0 Å². The lowest BCUT2D eigenvalue weighted by Gasteiger charge is -2.36. The van der Waals surface area contributed by atoms with Gasteiger partial charge in [-0.1, -0.05) is 35.9 Å². The first-order valence-corrected chi connectivity index (χ1v) is 7.43. The summed E-state index contributed by atoms with van der Waals surface area (Å²) >= 11 is 6.54. The molecular weight excluding hydrogens is 304 g/mol. The lowest BCUT2D eigenvalue weighted by molar-refractivity contribution is -0.130. The Morgan fingerprint density at radius 3 is 2.45 bits per heavy atom. The molecule has 112 valence electrons. The lowest BCUT2D eigenvalue weighted by Crippen LogP contribution is -2.54. The van der Waals surface area contributed by atoms with E-state index in [2.05, 4.69) is 0 Å². The third kappa shape index (κ3) is 1.40. The molecule has 3 heterocycles. The van der Waals surface area contributed by atoms with Crippen LogP contribution in [0.4, 0.5) is 5.69 Å². The van der Waals surface area contributed by atoms with Gasteiger partial charge in [0.25, 0.3) is 0 Å². The van der Waals surface area contributed by atoms with Crippen LogP contribution in [0.3, 0.4) is 0 Å². The maximum Gasteiger partial charge on any atom is 0.241 e. The molecule has 0 spiro atoms. The van der Waals surface area contributed by atoms with Gasteiger partial charge < -0.3 is 0 Å². The third-order valence-corrected chi connectivity index (χ3v) is 5.58. The van der Waals surface area contributed by atoms with E-state index in [0.717, 1.165) is 0 Å². The van der Waals surface area contributed by atoms with E-state index in [9.17, 15) is 14.4 Å². The first-order chi connectivity index (χ1) is 10.5. The van der Waals surface area contributed by atoms with Crippen molar-refractivity contribution in [3.05, 3.63) is 42.5 Å². The van der Waals surface area contributed by atoms with Gasteiger partial charge in [0.05, 0.1) is 17.5 Å². The summed E-state index contributed by atoms with van der Waals surface area (Å²) in [7, 11) is 1.69. The summed E-state index contributed by atoms with van der Waals surface area (Å²) in [6.45, 7) is 0. The molecule has 0 radical (unpaired) electrons. The number of hydrogen-bond donors (Lipinski definition) is 0. The van der Waals surface area contributed by atoms with Crippen LogP contribution in [0, 0.1) is 11.8 Å². The molecule has 0 aliphatic carbocycles. The maximum atomic E-state index is 12.9. The van der Waals surface area contributed by atoms with Crippen molar-refractivity contribution in [1.82, 2.24) is 4.90 Å². The number of rotatable bonds is 1. The summed E-state index contributed by atoms with van der Waals surface area (Å²) in [5.41, 5.74) is 0.518. The summed E-state index contributed by atoms with van der Waals surface area (Å²) in [6, 6.07) is 8.42. The molecule has 0 saturated carbocycles. The molecule has 2 saturated heterocycles. The Kier molecular flexibility index (Phi) is 2.65. The fraction of sp³-hybridized carbons (Fsp3) is 0.312. The van der Waals surface area contributed by atoms with E-state index in [1.807, 2.05) is 6.07 Å². The highest BCUT2D eigenvalue weighted by atomic mass is 35.5. The molecule has 6 heteroatoms. The zero-order valence-electron chi connectivity index (χ0n) is 11.8. The number of ketones is 1. The molecule has 2 fully saturated rings. The molecule has 0 aromatic heterocycles. The van der Waals surface area contributed by atoms with Crippen molar-refractivity contribution in [1.29, 1.82) is 0 Å². The number of alkyl halides is 1. The second-order valence-corrected chi connectivity index (χ2v) is 6.43. The van der Waals surface area contributed by atoms with Gasteiger partial charge in [-0.3, -0.25) is 19.3 Å². The number of carbonyl (C=O) groups excluding carboxylic acids is 3. The highest BCUT2D eigenvalue weighted by Gasteiger charge is 2.70. The van der Waals surface area contributed by atoms with E-state index in [0.29, 0.717) is 5.69 Å². The first kappa shape index (κ1) is 13.7. The summed E-state index contributed by atoms with van der Waals surface area (Å²) in [5, 5.41) is 0. The Bertz CT molecular complexity index is 732. The summed E-state index contributed by atoms with van der Waals surface area (Å²) in [6.07, 6.45) is 3.07. The van der Waals surface area contributed by atoms with E-state index >= 15 is 0 Å². The van der Waals surface area contributed by atoms with Crippen LogP contribution in [0.1, 0.15) is 0 Å². The van der Waals surface area contributed by atoms with E-state index in [1.165, 1.54) is 11.0 Å². The SMILES string of the molecule is CN1C2C=CC(=O)C1(Cl)C1C(=O)N(c3ccccc3)C(=O)C21. The highest BCUT2D eigenvalue weighted by Crippen LogP contribution is 2.53. The summed E-state index contributed by atoms with van der Waals surface area (Å²) in [5.74, 6) is -2.49. The smallest absolute Gasteiger partial charge is 0.241 e. The van der Waals surface area contributed by atoms with Gasteiger partial charge in [0.15, 0.2) is 10.8 Å². The Hall–Kier alpha value is -1.98. The van der Waals surface area contributed by atoms with E-state index in [4.69, 9.17) is 11.6 Å². The molecule has 4 atom stereocenters. The lowest BCUT2D eigenvalue weighted by atomic mass is 9.89. The number of hydrogen-bond acceptors (Lipinski definition) is 4. The fourth-order valence-corrected chi connectivity index (χ4v) is 4.23. The third-order valence-electron chi connectivity index (χ3n) is 4.90. The van der Waals surface area contributed by atoms with E-state index < -0.39 is 22.7 Å². The molecule has 1 aromatic carbocycles. The number of anilines is 1. The molecule has 0 N–H and O–H groups in total. The molecule has 4 rings (SSSR count). The minimum atomic E-state index is -1.46. The quantitative estimate of drug-likeness (QED) is 0.443. The summed E-state index contributed by atoms with van der Waals surface area (Å²) < 4.78 is 0. The largest absolute Gasteiger partial charge is 0.291 e. The number of fused-ring (bicyclic) bond motifs is 5. The van der Waals surface area contributed by atoms with Crippen LogP contribution < -0.4 is 4.90 Å². The first-order valence-electron chi connectivity index (χ1n) is 7.05. The van der Waals surface area contributed by atoms with Crippen LogP contribution in [-0.2, 0) is 14.4 Å². The van der Waals surface area contributed by atoms with Gasteiger partial charge in [0.2, 0.25) is 11.8 Å². The number of halogens is 1. The van der Waals surface area contributed by atoms with E-state index in [1.54, 1.807) is 42.3 Å². The van der Waals surface area contributed by atoms with Crippen molar-refractivity contribution in [2.45, 2.75) is 11.0 Å². The van der Waals surface area contributed by atoms with Gasteiger partial charge in [-0.25, -0.2) is 4.90 Å². The number of amides is 2. The molecule has 2 amide bonds. The number of benzene rings is 1. The van der Waals surface area contributed by atoms with Crippen LogP contribution in [0.2, 0.25) is 0 Å². The monoisotopic (exact) mass is 316 g/mol. The number of imide groups is 1. The summed E-state index contributed by atoms with van der Waals surface area (Å²) in [4.78, 5) is 39.3. The predicted molar refractivity (Wildman–Crippen MR) is 80.2 cm³/mol. The molecule has 5 nitrogen and oxygen atoms in total. The van der Waals surface area contributed by atoms with Crippen molar-refractivity contribution in [3.8, 4) is 0 Å². The molecule has 3 aliphatic heterocycles. The minimum absolute atomic E-state index is 0.292. The standard InChI is InChI=1S/C16H13ClN2O3/c1-18-10-7-8-11(20)16(18,17)13-12(10)14(21)19(15(13)22)9-5-3-2-4-6-9/h2-8,10,12-13H,1H3. The van der Waals surface area contributed by atoms with Crippen molar-refractivity contribution in [2.75, 3.05) is 11.9 Å². The maximum absolute atomic E-state index is 12.9. The molecule has 2 bridgehead atoms. The van der Waals surface area contributed by atoms with Gasteiger partial charge in [-0.05, 0) is 25.3 Å². The average molecular weight is 317 g/mol. The molecule has 3 aliphatic rings. The van der Waals surface area contributed by atoms with Crippen LogP contribution in [0.5, 0.6) is 0 Å². The van der Waals surface area contributed by atoms with E-state index in [-0.39, 0.29) is 17.7 Å². The average Bonchev–Trinajstić information content (AvgIpc) is 2.85. The number of likely N-dealkylation sites (N-methyl/N-ethyl adjacent to an activating group) is 1. The van der Waals surface area contributed by atoms with Crippen LogP contribution >= 0.6 is 11.6 Å². The predicted octanol–water partition coefficient (Wildman–Crippen LogP) is 1.18. The number of carbonyl (C=O) groups is 3. The zero-order chi connectivity index (χ0) is 15.6. The molecular formula is C16H13ClN2O3. The van der Waals surface area contributed by atoms with Crippen LogP contribution in [-0.4, -0.2) is 40.6 Å². The zero-order valence-corrected chi connectivity index (χ0v) is 12.5. The molecule has 1 aromatic rings. The van der Waals surface area contributed by atoms with Crippen molar-refractivity contribution in [3.63, 3.8) is 0 Å². The molecule has 4 unspecified atom stereocenters. The Balaban J connectivity index is 1.85. The topological polar surface area (TPSA) is 57.7 Å². The normalized spacial score (nSPS) is 37.1. The van der Waals surface area contributed by atoms with Crippen molar-refractivity contribution < 1.29 is 14.4 Å². The highest BCUT2D eigenvalue weighted by molar-refractivity contribution is 6.41. The Morgan fingerprint density at radius 2 is 1.77 bits per heavy atom. The van der Waals surface area contributed by atoms with Gasteiger partial charge in [-0.15, -0.1) is 0 Å². The molecule has 22 heavy (non-hydrogen) atoms. The second kappa shape index (κ2) is 4.27. The fourth-order valence-electron chi connectivity index (χ4n) is 3.83. The second-order valence-electron chi connectivity index (χ2n) is 5.85. The van der Waals surface area contributed by atoms with Crippen molar-refractivity contribution in [2.24, 2.45) is 11.8 Å². The van der Waals surface area contributed by atoms with Crippen LogP contribution in [0.15, 0.2) is 42.5 Å². The Morgan fingerprint density at radius 1 is 1.09 bits per heavy atom. The van der Waals surface area contributed by atoms with Gasteiger partial charge in [0.1, 0.15) is 0 Å². The Labute approximate surface area is 132 Å². The number of nitrogens with zero attached hydrogens (tertiary/aromatic N) is 2. The van der Waals surface area contributed by atoms with Gasteiger partial charge in [-0.2, -0.15) is 0 Å². The van der Waals surface area contributed by atoms with Crippen molar-refractivity contribution >= 4 is 34.9 Å². The minimum Gasteiger partial charge on any atom is -0.291 e.